The molecule has 0 aliphatic carbocycles. The second kappa shape index (κ2) is 4.80. The molecule has 2 amide bonds. The number of benzene rings is 1. The average Bonchev–Trinajstić information content (AvgIpc) is 2.95. The zero-order chi connectivity index (χ0) is 14.1. The lowest BCUT2D eigenvalue weighted by atomic mass is 10.0. The van der Waals surface area contributed by atoms with Crippen molar-refractivity contribution in [3.05, 3.63) is 47.7 Å². The van der Waals surface area contributed by atoms with E-state index in [1.54, 1.807) is 30.1 Å². The van der Waals surface area contributed by atoms with E-state index in [0.717, 1.165) is 5.56 Å². The molecule has 102 valence electrons. The first-order valence-electron chi connectivity index (χ1n) is 6.33. The van der Waals surface area contributed by atoms with Gasteiger partial charge in [-0.05, 0) is 11.6 Å². The first-order valence-corrected chi connectivity index (χ1v) is 6.33. The van der Waals surface area contributed by atoms with Crippen molar-refractivity contribution in [3.8, 4) is 0 Å². The number of nitrogens with one attached hydrogen (secondary N) is 2. The van der Waals surface area contributed by atoms with Gasteiger partial charge in [-0.15, -0.1) is 0 Å². The van der Waals surface area contributed by atoms with Crippen molar-refractivity contribution in [3.63, 3.8) is 0 Å². The molecule has 1 aromatic heterocycles. The highest BCUT2D eigenvalue weighted by atomic mass is 16.2. The van der Waals surface area contributed by atoms with Gasteiger partial charge in [0.25, 0.3) is 5.91 Å². The zero-order valence-corrected chi connectivity index (χ0v) is 11.0. The molecule has 0 saturated heterocycles. The molecule has 0 radical (unpaired) electrons. The number of carbonyl (C=O) groups excluding carboxylic acids is 2. The summed E-state index contributed by atoms with van der Waals surface area (Å²) in [6, 6.07) is 8.76. The summed E-state index contributed by atoms with van der Waals surface area (Å²) in [4.78, 5) is 23.7. The van der Waals surface area contributed by atoms with Gasteiger partial charge in [0.2, 0.25) is 5.91 Å². The van der Waals surface area contributed by atoms with Crippen molar-refractivity contribution >= 4 is 17.6 Å². The highest BCUT2D eigenvalue weighted by molar-refractivity contribution is 6.00. The van der Waals surface area contributed by atoms with Crippen LogP contribution in [0.4, 0.5) is 5.82 Å². The fourth-order valence-corrected chi connectivity index (χ4v) is 2.34. The minimum Gasteiger partial charge on any atom is -0.345 e. The summed E-state index contributed by atoms with van der Waals surface area (Å²) in [5, 5.41) is 9.61. The number of nitrogens with zero attached hydrogens (tertiary/aromatic N) is 2. The van der Waals surface area contributed by atoms with Crippen LogP contribution in [0, 0.1) is 0 Å². The number of amides is 2. The van der Waals surface area contributed by atoms with Crippen LogP contribution in [0.15, 0.2) is 36.5 Å². The maximum atomic E-state index is 12.0. The Balaban J connectivity index is 1.70. The topological polar surface area (TPSA) is 76.0 Å². The van der Waals surface area contributed by atoms with E-state index in [-0.39, 0.29) is 24.3 Å². The van der Waals surface area contributed by atoms with Gasteiger partial charge in [-0.1, -0.05) is 18.2 Å². The summed E-state index contributed by atoms with van der Waals surface area (Å²) >= 11 is 0. The lowest BCUT2D eigenvalue weighted by molar-refractivity contribution is -0.116. The Morgan fingerprint density at radius 3 is 2.95 bits per heavy atom. The first-order chi connectivity index (χ1) is 9.63. The van der Waals surface area contributed by atoms with Crippen molar-refractivity contribution in [2.75, 3.05) is 5.32 Å². The van der Waals surface area contributed by atoms with E-state index in [9.17, 15) is 9.59 Å². The fourth-order valence-electron chi connectivity index (χ4n) is 2.34. The fraction of sp³-hybridized carbons (Fsp3) is 0.214. The average molecular weight is 270 g/mol. The number of rotatable bonds is 3. The van der Waals surface area contributed by atoms with Gasteiger partial charge in [-0.2, -0.15) is 5.10 Å². The van der Waals surface area contributed by atoms with Gasteiger partial charge < -0.3 is 10.6 Å². The molecule has 0 saturated carbocycles. The number of hydrogen-bond donors (Lipinski definition) is 2. The van der Waals surface area contributed by atoms with Crippen molar-refractivity contribution in [2.24, 2.45) is 7.05 Å². The number of aryl methyl sites for hydroxylation is 1. The number of fused-ring (bicyclic) bond motifs is 1. The quantitative estimate of drug-likeness (QED) is 0.880. The third kappa shape index (κ3) is 2.27. The molecule has 20 heavy (non-hydrogen) atoms. The van der Waals surface area contributed by atoms with Gasteiger partial charge in [-0.3, -0.25) is 14.3 Å². The Bertz CT molecular complexity index is 677. The number of hydrogen-bond acceptors (Lipinski definition) is 3. The minimum atomic E-state index is -0.276. The van der Waals surface area contributed by atoms with Gasteiger partial charge in [0.1, 0.15) is 0 Å². The molecule has 1 aliphatic heterocycles. The predicted molar refractivity (Wildman–Crippen MR) is 73.1 cm³/mol. The van der Waals surface area contributed by atoms with Crippen molar-refractivity contribution in [2.45, 2.75) is 12.5 Å². The molecular formula is C14H14N4O2. The van der Waals surface area contributed by atoms with Crippen LogP contribution in [-0.2, 0) is 11.8 Å². The number of carbonyl (C=O) groups is 2. The lowest BCUT2D eigenvalue weighted by Crippen LogP contribution is -2.24. The molecule has 2 aromatic rings. The molecule has 2 N–H and O–H groups in total. The standard InChI is InChI=1S/C14H14N4O2/c1-18-7-6-12(17-18)16-13(19)8-11-9-4-2-3-5-10(9)14(20)15-11/h2-7,11H,8H2,1H3,(H,15,20)(H,16,17,19)/t11-/m0/s1. The Labute approximate surface area is 115 Å². The van der Waals surface area contributed by atoms with E-state index < -0.39 is 0 Å². The third-order valence-corrected chi connectivity index (χ3v) is 3.26. The summed E-state index contributed by atoms with van der Waals surface area (Å²) in [6.45, 7) is 0. The lowest BCUT2D eigenvalue weighted by Gasteiger charge is -2.10. The van der Waals surface area contributed by atoms with Crippen LogP contribution >= 0.6 is 0 Å². The van der Waals surface area contributed by atoms with Crippen molar-refractivity contribution in [1.29, 1.82) is 0 Å². The van der Waals surface area contributed by atoms with E-state index >= 15 is 0 Å². The summed E-state index contributed by atoms with van der Waals surface area (Å²) < 4.78 is 1.61. The Kier molecular flexibility index (Phi) is 2.98. The molecule has 2 heterocycles. The molecule has 3 rings (SSSR count). The summed E-state index contributed by atoms with van der Waals surface area (Å²) in [7, 11) is 1.78. The summed E-state index contributed by atoms with van der Waals surface area (Å²) in [5.74, 6) is 0.206. The van der Waals surface area contributed by atoms with Crippen LogP contribution in [-0.4, -0.2) is 21.6 Å². The predicted octanol–water partition coefficient (Wildman–Crippen LogP) is 1.23. The largest absolute Gasteiger partial charge is 0.345 e. The highest BCUT2D eigenvalue weighted by Crippen LogP contribution is 2.27. The van der Waals surface area contributed by atoms with E-state index in [4.69, 9.17) is 0 Å². The monoisotopic (exact) mass is 270 g/mol. The molecule has 0 bridgehead atoms. The van der Waals surface area contributed by atoms with Crippen molar-refractivity contribution in [1.82, 2.24) is 15.1 Å². The molecule has 0 spiro atoms. The molecule has 0 unspecified atom stereocenters. The van der Waals surface area contributed by atoms with Gasteiger partial charge >= 0.3 is 0 Å². The van der Waals surface area contributed by atoms with Gasteiger partial charge in [0.15, 0.2) is 5.82 Å². The van der Waals surface area contributed by atoms with Crippen LogP contribution in [0.2, 0.25) is 0 Å². The molecule has 1 aliphatic rings. The Morgan fingerprint density at radius 1 is 1.40 bits per heavy atom. The van der Waals surface area contributed by atoms with Crippen LogP contribution in [0.5, 0.6) is 0 Å². The first kappa shape index (κ1) is 12.4. The van der Waals surface area contributed by atoms with Crippen LogP contribution in [0.1, 0.15) is 28.4 Å². The second-order valence-electron chi connectivity index (χ2n) is 4.74. The molecule has 0 fully saturated rings. The molecule has 6 nitrogen and oxygen atoms in total. The van der Waals surface area contributed by atoms with Crippen LogP contribution in [0.25, 0.3) is 0 Å². The second-order valence-corrected chi connectivity index (χ2v) is 4.74. The smallest absolute Gasteiger partial charge is 0.252 e. The van der Waals surface area contributed by atoms with E-state index in [0.29, 0.717) is 11.4 Å². The molecule has 1 aromatic carbocycles. The Hall–Kier alpha value is -2.63. The molecule has 6 heteroatoms. The Morgan fingerprint density at radius 2 is 2.20 bits per heavy atom. The van der Waals surface area contributed by atoms with Gasteiger partial charge in [-0.25, -0.2) is 0 Å². The highest BCUT2D eigenvalue weighted by Gasteiger charge is 2.29. The zero-order valence-electron chi connectivity index (χ0n) is 11.0. The maximum Gasteiger partial charge on any atom is 0.252 e. The van der Waals surface area contributed by atoms with Crippen LogP contribution < -0.4 is 10.6 Å². The number of anilines is 1. The summed E-state index contributed by atoms with van der Waals surface area (Å²) in [6.07, 6.45) is 1.95. The van der Waals surface area contributed by atoms with E-state index in [2.05, 4.69) is 15.7 Å². The van der Waals surface area contributed by atoms with E-state index in [1.165, 1.54) is 0 Å². The molecule has 1 atom stereocenters. The van der Waals surface area contributed by atoms with E-state index in [1.807, 2.05) is 18.2 Å². The maximum absolute atomic E-state index is 12.0. The van der Waals surface area contributed by atoms with Crippen molar-refractivity contribution < 1.29 is 9.59 Å². The summed E-state index contributed by atoms with van der Waals surface area (Å²) in [5.41, 5.74) is 1.51. The SMILES string of the molecule is Cn1ccc(NC(=O)C[C@@H]2NC(=O)c3ccccc32)n1. The van der Waals surface area contributed by atoms with Crippen LogP contribution in [0.3, 0.4) is 0 Å². The van der Waals surface area contributed by atoms with Gasteiger partial charge in [0.05, 0.1) is 12.5 Å². The molecular weight excluding hydrogens is 256 g/mol. The number of aromatic nitrogens is 2. The third-order valence-electron chi connectivity index (χ3n) is 3.26. The van der Waals surface area contributed by atoms with Gasteiger partial charge in [0, 0.05) is 24.9 Å². The normalized spacial score (nSPS) is 16.6. The minimum absolute atomic E-state index is 0.128.